The maximum atomic E-state index is 12.0. The van der Waals surface area contributed by atoms with Crippen molar-refractivity contribution in [3.8, 4) is 0 Å². The summed E-state index contributed by atoms with van der Waals surface area (Å²) < 4.78 is 0. The van der Waals surface area contributed by atoms with Gasteiger partial charge in [0.15, 0.2) is 0 Å². The summed E-state index contributed by atoms with van der Waals surface area (Å²) in [5.74, 6) is -0.121. The number of nitrogens with zero attached hydrogens (tertiary/aromatic N) is 3. The number of hydrogen-bond acceptors (Lipinski definition) is 4. The van der Waals surface area contributed by atoms with Crippen molar-refractivity contribution in [1.29, 1.82) is 0 Å². The van der Waals surface area contributed by atoms with Crippen molar-refractivity contribution in [3.63, 3.8) is 0 Å². The minimum atomic E-state index is -0.121. The third-order valence-electron chi connectivity index (χ3n) is 1.96. The normalized spacial score (nSPS) is 9.81. The molecule has 0 unspecified atom stereocenters. The molecular formula is C10H14N4OS. The van der Waals surface area contributed by atoms with Gasteiger partial charge in [-0.05, 0) is 12.5 Å². The van der Waals surface area contributed by atoms with Gasteiger partial charge < -0.3 is 10.6 Å². The fourth-order valence-electron chi connectivity index (χ4n) is 1.31. The van der Waals surface area contributed by atoms with Gasteiger partial charge in [-0.25, -0.2) is 0 Å². The Balaban J connectivity index is 2.78. The predicted molar refractivity (Wildman–Crippen MR) is 65.0 cm³/mol. The van der Waals surface area contributed by atoms with Crippen LogP contribution in [-0.2, 0) is 0 Å². The molecule has 2 N–H and O–H groups in total. The van der Waals surface area contributed by atoms with Crippen molar-refractivity contribution >= 4 is 23.1 Å². The number of carbonyl (C=O) groups is 1. The smallest absolute Gasteiger partial charge is 0.255 e. The lowest BCUT2D eigenvalue weighted by atomic mass is 10.2. The van der Waals surface area contributed by atoms with Gasteiger partial charge >= 0.3 is 0 Å². The van der Waals surface area contributed by atoms with Crippen LogP contribution in [0.25, 0.3) is 0 Å². The summed E-state index contributed by atoms with van der Waals surface area (Å²) in [6.45, 7) is 2.91. The van der Waals surface area contributed by atoms with Gasteiger partial charge in [-0.3, -0.25) is 4.79 Å². The fraction of sp³-hybridized carbons (Fsp3) is 0.400. The average Bonchev–Trinajstić information content (AvgIpc) is 2.28. The second-order valence-electron chi connectivity index (χ2n) is 3.32. The molecule has 0 radical (unpaired) electrons. The summed E-state index contributed by atoms with van der Waals surface area (Å²) in [5.41, 5.74) is 5.95. The Morgan fingerprint density at radius 3 is 2.81 bits per heavy atom. The number of aromatic nitrogens is 2. The second kappa shape index (κ2) is 6.12. The molecule has 0 saturated carbocycles. The first-order chi connectivity index (χ1) is 7.65. The first-order valence-electron chi connectivity index (χ1n) is 4.99. The number of carbonyl (C=O) groups excluding carboxylic acids is 1. The highest BCUT2D eigenvalue weighted by Crippen LogP contribution is 2.03. The van der Waals surface area contributed by atoms with Gasteiger partial charge in [-0.15, -0.1) is 0 Å². The molecule has 0 aliphatic heterocycles. The Hall–Kier alpha value is -1.56. The van der Waals surface area contributed by atoms with Gasteiger partial charge in [-0.1, -0.05) is 19.1 Å². The number of amides is 1. The minimum absolute atomic E-state index is 0.121. The first kappa shape index (κ1) is 12.5. The zero-order valence-corrected chi connectivity index (χ0v) is 9.91. The van der Waals surface area contributed by atoms with Gasteiger partial charge in [0.1, 0.15) is 0 Å². The Bertz CT molecular complexity index is 368. The molecule has 0 aromatic carbocycles. The van der Waals surface area contributed by atoms with E-state index in [1.54, 1.807) is 11.0 Å². The summed E-state index contributed by atoms with van der Waals surface area (Å²) in [5, 5.41) is 7.29. The lowest BCUT2D eigenvalue weighted by Gasteiger charge is -2.21. The van der Waals surface area contributed by atoms with E-state index in [4.69, 9.17) is 18.0 Å². The molecule has 86 valence electrons. The predicted octanol–water partition coefficient (Wildman–Crippen LogP) is 0.615. The van der Waals surface area contributed by atoms with Crippen LogP contribution >= 0.6 is 12.2 Å². The molecule has 1 heterocycles. The van der Waals surface area contributed by atoms with Crippen LogP contribution in [0.1, 0.15) is 23.7 Å². The van der Waals surface area contributed by atoms with E-state index in [0.29, 0.717) is 23.6 Å². The Kier molecular flexibility index (Phi) is 4.78. The molecule has 1 rings (SSSR count). The number of rotatable bonds is 5. The van der Waals surface area contributed by atoms with Gasteiger partial charge in [0.25, 0.3) is 5.91 Å². The zero-order valence-electron chi connectivity index (χ0n) is 9.09. The lowest BCUT2D eigenvalue weighted by Crippen LogP contribution is -2.38. The largest absolute Gasteiger partial charge is 0.392 e. The zero-order chi connectivity index (χ0) is 12.0. The van der Waals surface area contributed by atoms with Crippen LogP contribution in [0.15, 0.2) is 18.5 Å². The standard InChI is InChI=1S/C10H14N4OS/c1-2-5-14(7-9(11)16)10(15)8-3-4-12-13-6-8/h3-4,6H,2,5,7H2,1H3,(H2,11,16). The molecule has 0 fully saturated rings. The van der Waals surface area contributed by atoms with Crippen LogP contribution in [0.2, 0.25) is 0 Å². The third-order valence-corrected chi connectivity index (χ3v) is 2.09. The van der Waals surface area contributed by atoms with Crippen LogP contribution in [0.5, 0.6) is 0 Å². The molecule has 16 heavy (non-hydrogen) atoms. The summed E-state index contributed by atoms with van der Waals surface area (Å²) in [6.07, 6.45) is 3.77. The van der Waals surface area contributed by atoms with E-state index in [1.165, 1.54) is 12.4 Å². The molecule has 0 aliphatic rings. The molecule has 6 heteroatoms. The highest BCUT2D eigenvalue weighted by Gasteiger charge is 2.15. The van der Waals surface area contributed by atoms with E-state index in [9.17, 15) is 4.79 Å². The summed E-state index contributed by atoms with van der Waals surface area (Å²) in [7, 11) is 0. The van der Waals surface area contributed by atoms with Crippen LogP contribution < -0.4 is 5.73 Å². The quantitative estimate of drug-likeness (QED) is 0.761. The van der Waals surface area contributed by atoms with Crippen molar-refractivity contribution in [2.24, 2.45) is 5.73 Å². The highest BCUT2D eigenvalue weighted by molar-refractivity contribution is 7.80. The maximum absolute atomic E-state index is 12.0. The van der Waals surface area contributed by atoms with Gasteiger partial charge in [0.05, 0.1) is 29.5 Å². The van der Waals surface area contributed by atoms with Gasteiger partial charge in [-0.2, -0.15) is 10.2 Å². The van der Waals surface area contributed by atoms with Gasteiger partial charge in [0.2, 0.25) is 0 Å². The van der Waals surface area contributed by atoms with Crippen LogP contribution in [0.3, 0.4) is 0 Å². The molecule has 0 atom stereocenters. The van der Waals surface area contributed by atoms with Crippen molar-refractivity contribution in [2.45, 2.75) is 13.3 Å². The molecule has 0 bridgehead atoms. The van der Waals surface area contributed by atoms with E-state index < -0.39 is 0 Å². The SMILES string of the molecule is CCCN(CC(N)=S)C(=O)c1ccnnc1. The van der Waals surface area contributed by atoms with Crippen molar-refractivity contribution < 1.29 is 4.79 Å². The summed E-state index contributed by atoms with van der Waals surface area (Å²) in [4.78, 5) is 13.9. The first-order valence-corrected chi connectivity index (χ1v) is 5.40. The Labute approximate surface area is 99.6 Å². The van der Waals surface area contributed by atoms with E-state index in [-0.39, 0.29) is 5.91 Å². The highest BCUT2D eigenvalue weighted by atomic mass is 32.1. The number of thiocarbonyl (C=S) groups is 1. The Morgan fingerprint density at radius 1 is 1.56 bits per heavy atom. The maximum Gasteiger partial charge on any atom is 0.255 e. The monoisotopic (exact) mass is 238 g/mol. The summed E-state index contributed by atoms with van der Waals surface area (Å²) in [6, 6.07) is 1.62. The number of nitrogens with two attached hydrogens (primary N) is 1. The Morgan fingerprint density at radius 2 is 2.31 bits per heavy atom. The van der Waals surface area contributed by atoms with Crippen LogP contribution in [0, 0.1) is 0 Å². The van der Waals surface area contributed by atoms with Gasteiger partial charge in [0, 0.05) is 6.54 Å². The van der Waals surface area contributed by atoms with E-state index in [0.717, 1.165) is 6.42 Å². The van der Waals surface area contributed by atoms with Crippen LogP contribution in [-0.4, -0.2) is 39.1 Å². The van der Waals surface area contributed by atoms with Crippen LogP contribution in [0.4, 0.5) is 0 Å². The molecular weight excluding hydrogens is 224 g/mol. The summed E-state index contributed by atoms with van der Waals surface area (Å²) >= 11 is 4.81. The van der Waals surface area contributed by atoms with E-state index in [1.807, 2.05) is 6.92 Å². The molecule has 1 aromatic heterocycles. The van der Waals surface area contributed by atoms with Crippen molar-refractivity contribution in [3.05, 3.63) is 24.0 Å². The third kappa shape index (κ3) is 3.54. The topological polar surface area (TPSA) is 72.1 Å². The molecule has 1 aromatic rings. The molecule has 0 spiro atoms. The number of hydrogen-bond donors (Lipinski definition) is 1. The molecule has 1 amide bonds. The van der Waals surface area contributed by atoms with E-state index in [2.05, 4.69) is 10.2 Å². The molecule has 0 saturated heterocycles. The van der Waals surface area contributed by atoms with E-state index >= 15 is 0 Å². The fourth-order valence-corrected chi connectivity index (χ4v) is 1.47. The lowest BCUT2D eigenvalue weighted by molar-refractivity contribution is 0.0779. The van der Waals surface area contributed by atoms with Crippen molar-refractivity contribution in [1.82, 2.24) is 15.1 Å². The van der Waals surface area contributed by atoms with Crippen molar-refractivity contribution in [2.75, 3.05) is 13.1 Å². The average molecular weight is 238 g/mol. The molecule has 5 nitrogen and oxygen atoms in total. The second-order valence-corrected chi connectivity index (χ2v) is 3.85. The minimum Gasteiger partial charge on any atom is -0.392 e. The molecule has 0 aliphatic carbocycles.